The summed E-state index contributed by atoms with van der Waals surface area (Å²) >= 11 is 0. The maximum Gasteiger partial charge on any atom is 0.221 e. The van der Waals surface area contributed by atoms with Crippen molar-refractivity contribution in [1.82, 2.24) is 15.0 Å². The smallest absolute Gasteiger partial charge is 0.221 e. The summed E-state index contributed by atoms with van der Waals surface area (Å²) in [5.74, 6) is 1.16. The zero-order chi connectivity index (χ0) is 14.2. The van der Waals surface area contributed by atoms with Crippen molar-refractivity contribution < 1.29 is 0 Å². The van der Waals surface area contributed by atoms with Crippen LogP contribution < -0.4 is 11.1 Å². The molecule has 0 radical (unpaired) electrons. The highest BCUT2D eigenvalue weighted by molar-refractivity contribution is 5.85. The van der Waals surface area contributed by atoms with Crippen LogP contribution in [0.3, 0.4) is 0 Å². The van der Waals surface area contributed by atoms with Gasteiger partial charge in [-0.1, -0.05) is 19.4 Å². The first-order valence-corrected chi connectivity index (χ1v) is 7.04. The second-order valence-corrected chi connectivity index (χ2v) is 4.70. The lowest BCUT2D eigenvalue weighted by Crippen LogP contribution is -2.09. The van der Waals surface area contributed by atoms with E-state index in [0.29, 0.717) is 5.95 Å². The highest BCUT2D eigenvalue weighted by Gasteiger charge is 2.06. The number of aryl methyl sites for hydroxylation is 2. The molecule has 0 aliphatic heterocycles. The van der Waals surface area contributed by atoms with Crippen LogP contribution in [0.25, 0.3) is 0 Å². The number of nitrogen functional groups attached to an aromatic ring is 1. The van der Waals surface area contributed by atoms with Crippen molar-refractivity contribution in [2.45, 2.75) is 32.6 Å². The Labute approximate surface area is 131 Å². The summed E-state index contributed by atoms with van der Waals surface area (Å²) in [5.41, 5.74) is 7.82. The normalized spacial score (nSPS) is 9.95. The van der Waals surface area contributed by atoms with Gasteiger partial charge in [0.2, 0.25) is 5.95 Å². The Morgan fingerprint density at radius 1 is 1.19 bits per heavy atom. The molecule has 0 aromatic carbocycles. The van der Waals surface area contributed by atoms with E-state index in [9.17, 15) is 0 Å². The van der Waals surface area contributed by atoms with E-state index in [1.807, 2.05) is 24.4 Å². The standard InChI is InChI=1S/C15H21N5.ClH/c1-2-3-9-18-14-12(11-19-15(16)20-14)7-8-13-6-4-5-10-17-13;/h4-6,10-11H,2-3,7-9H2,1H3,(H3,16,18,19,20);1H. The average molecular weight is 308 g/mol. The first-order valence-electron chi connectivity index (χ1n) is 7.04. The first-order chi connectivity index (χ1) is 9.79. The zero-order valence-electron chi connectivity index (χ0n) is 12.2. The van der Waals surface area contributed by atoms with E-state index in [1.54, 1.807) is 6.20 Å². The van der Waals surface area contributed by atoms with E-state index in [1.165, 1.54) is 0 Å². The Morgan fingerprint density at radius 2 is 2.05 bits per heavy atom. The van der Waals surface area contributed by atoms with Crippen molar-refractivity contribution in [3.05, 3.63) is 41.9 Å². The minimum Gasteiger partial charge on any atom is -0.370 e. The Bertz CT molecular complexity index is 533. The van der Waals surface area contributed by atoms with Gasteiger partial charge < -0.3 is 11.1 Å². The van der Waals surface area contributed by atoms with Crippen molar-refractivity contribution in [2.75, 3.05) is 17.6 Å². The van der Waals surface area contributed by atoms with Crippen LogP contribution in [0.1, 0.15) is 31.0 Å². The van der Waals surface area contributed by atoms with Crippen LogP contribution in [-0.2, 0) is 12.8 Å². The molecule has 0 atom stereocenters. The molecule has 0 aliphatic rings. The molecular formula is C15H22ClN5. The van der Waals surface area contributed by atoms with E-state index in [2.05, 4.69) is 27.2 Å². The zero-order valence-corrected chi connectivity index (χ0v) is 13.1. The van der Waals surface area contributed by atoms with Gasteiger partial charge in [-0.3, -0.25) is 4.98 Å². The number of anilines is 2. The van der Waals surface area contributed by atoms with Crippen LogP contribution in [0.4, 0.5) is 11.8 Å². The molecule has 0 fully saturated rings. The van der Waals surface area contributed by atoms with E-state index in [-0.39, 0.29) is 12.4 Å². The van der Waals surface area contributed by atoms with Gasteiger partial charge in [-0.15, -0.1) is 12.4 Å². The van der Waals surface area contributed by atoms with Gasteiger partial charge in [-0.25, -0.2) is 4.98 Å². The third-order valence-corrected chi connectivity index (χ3v) is 3.08. The maximum absolute atomic E-state index is 5.66. The summed E-state index contributed by atoms with van der Waals surface area (Å²) in [6.07, 6.45) is 7.61. The van der Waals surface area contributed by atoms with Crippen LogP contribution in [0.5, 0.6) is 0 Å². The first kappa shape index (κ1) is 17.2. The topological polar surface area (TPSA) is 76.7 Å². The van der Waals surface area contributed by atoms with Gasteiger partial charge in [0.05, 0.1) is 0 Å². The molecule has 2 heterocycles. The number of nitrogens with zero attached hydrogens (tertiary/aromatic N) is 3. The summed E-state index contributed by atoms with van der Waals surface area (Å²) in [6.45, 7) is 3.07. The number of unbranched alkanes of at least 4 members (excludes halogenated alkanes) is 1. The highest BCUT2D eigenvalue weighted by Crippen LogP contribution is 2.15. The molecule has 114 valence electrons. The number of rotatable bonds is 7. The molecule has 6 heteroatoms. The largest absolute Gasteiger partial charge is 0.370 e. The number of nitrogens with one attached hydrogen (secondary N) is 1. The second-order valence-electron chi connectivity index (χ2n) is 4.70. The van der Waals surface area contributed by atoms with E-state index in [0.717, 1.165) is 49.3 Å². The van der Waals surface area contributed by atoms with Gasteiger partial charge in [-0.05, 0) is 31.4 Å². The number of halogens is 1. The molecule has 0 unspecified atom stereocenters. The van der Waals surface area contributed by atoms with Gasteiger partial charge in [0.25, 0.3) is 0 Å². The summed E-state index contributed by atoms with van der Waals surface area (Å²) in [6, 6.07) is 5.96. The fourth-order valence-electron chi connectivity index (χ4n) is 1.95. The van der Waals surface area contributed by atoms with Gasteiger partial charge in [0, 0.05) is 30.2 Å². The SMILES string of the molecule is CCCCNc1nc(N)ncc1CCc1ccccn1.Cl. The summed E-state index contributed by atoms with van der Waals surface area (Å²) < 4.78 is 0. The van der Waals surface area contributed by atoms with E-state index < -0.39 is 0 Å². The Balaban J connectivity index is 0.00000220. The number of hydrogen-bond acceptors (Lipinski definition) is 5. The predicted octanol–water partition coefficient (Wildman–Crippen LogP) is 2.87. The number of aromatic nitrogens is 3. The van der Waals surface area contributed by atoms with Gasteiger partial charge in [-0.2, -0.15) is 4.98 Å². The Hall–Kier alpha value is -1.88. The third kappa shape index (κ3) is 5.55. The molecule has 2 aromatic rings. The van der Waals surface area contributed by atoms with Crippen molar-refractivity contribution in [2.24, 2.45) is 0 Å². The second kappa shape index (κ2) is 9.13. The third-order valence-electron chi connectivity index (χ3n) is 3.08. The molecule has 0 saturated carbocycles. The number of hydrogen-bond donors (Lipinski definition) is 2. The van der Waals surface area contributed by atoms with Crippen molar-refractivity contribution in [3.8, 4) is 0 Å². The summed E-state index contributed by atoms with van der Waals surface area (Å²) in [7, 11) is 0. The molecule has 5 nitrogen and oxygen atoms in total. The number of nitrogens with two attached hydrogens (primary N) is 1. The quantitative estimate of drug-likeness (QED) is 0.769. The number of pyridine rings is 1. The molecule has 2 rings (SSSR count). The molecule has 0 aliphatic carbocycles. The molecule has 2 aromatic heterocycles. The van der Waals surface area contributed by atoms with Crippen LogP contribution in [0, 0.1) is 0 Å². The predicted molar refractivity (Wildman–Crippen MR) is 88.7 cm³/mol. The maximum atomic E-state index is 5.66. The van der Waals surface area contributed by atoms with Crippen LogP contribution in [-0.4, -0.2) is 21.5 Å². The minimum absolute atomic E-state index is 0. The monoisotopic (exact) mass is 307 g/mol. The van der Waals surface area contributed by atoms with Crippen molar-refractivity contribution in [1.29, 1.82) is 0 Å². The van der Waals surface area contributed by atoms with Crippen molar-refractivity contribution >= 4 is 24.2 Å². The minimum atomic E-state index is 0. The molecule has 21 heavy (non-hydrogen) atoms. The molecule has 0 amide bonds. The summed E-state index contributed by atoms with van der Waals surface area (Å²) in [5, 5.41) is 3.34. The lowest BCUT2D eigenvalue weighted by atomic mass is 10.1. The van der Waals surface area contributed by atoms with Gasteiger partial charge >= 0.3 is 0 Å². The molecule has 0 spiro atoms. The fourth-order valence-corrected chi connectivity index (χ4v) is 1.95. The molecular weight excluding hydrogens is 286 g/mol. The Morgan fingerprint density at radius 3 is 2.76 bits per heavy atom. The summed E-state index contributed by atoms with van der Waals surface area (Å²) in [4.78, 5) is 12.7. The average Bonchev–Trinajstić information content (AvgIpc) is 2.48. The van der Waals surface area contributed by atoms with Gasteiger partial charge in [0.1, 0.15) is 5.82 Å². The van der Waals surface area contributed by atoms with Crippen LogP contribution in [0.15, 0.2) is 30.6 Å². The molecule has 0 bridgehead atoms. The lowest BCUT2D eigenvalue weighted by Gasteiger charge is -2.10. The Kier molecular flexibility index (Phi) is 7.46. The fraction of sp³-hybridized carbons (Fsp3) is 0.400. The van der Waals surface area contributed by atoms with E-state index in [4.69, 9.17) is 5.73 Å². The molecule has 0 saturated heterocycles. The van der Waals surface area contributed by atoms with Crippen LogP contribution >= 0.6 is 12.4 Å². The van der Waals surface area contributed by atoms with E-state index >= 15 is 0 Å². The van der Waals surface area contributed by atoms with Crippen LogP contribution in [0.2, 0.25) is 0 Å². The van der Waals surface area contributed by atoms with Gasteiger partial charge in [0.15, 0.2) is 0 Å². The highest BCUT2D eigenvalue weighted by atomic mass is 35.5. The van der Waals surface area contributed by atoms with Crippen molar-refractivity contribution in [3.63, 3.8) is 0 Å². The lowest BCUT2D eigenvalue weighted by molar-refractivity contribution is 0.824. The molecule has 3 N–H and O–H groups in total.